The number of hydrogen-bond donors (Lipinski definition) is 2. The van der Waals surface area contributed by atoms with Crippen LogP contribution in [0.3, 0.4) is 0 Å². The van der Waals surface area contributed by atoms with Crippen molar-refractivity contribution < 1.29 is 18.7 Å². The van der Waals surface area contributed by atoms with E-state index in [1.807, 2.05) is 6.92 Å². The number of amides is 1. The van der Waals surface area contributed by atoms with Crippen LogP contribution in [0.5, 0.6) is 0 Å². The van der Waals surface area contributed by atoms with E-state index in [9.17, 15) is 14.0 Å². The fourth-order valence-electron chi connectivity index (χ4n) is 1.85. The van der Waals surface area contributed by atoms with Gasteiger partial charge in [0, 0.05) is 15.8 Å². The van der Waals surface area contributed by atoms with Crippen LogP contribution < -0.4 is 11.1 Å². The van der Waals surface area contributed by atoms with Crippen molar-refractivity contribution in [3.8, 4) is 0 Å². The molecule has 0 aliphatic carbocycles. The summed E-state index contributed by atoms with van der Waals surface area (Å²) < 4.78 is 18.7. The number of hydrogen-bond acceptors (Lipinski definition) is 4. The van der Waals surface area contributed by atoms with Crippen LogP contribution in [0.1, 0.15) is 15.9 Å². The molecule has 0 saturated heterocycles. The number of halogens is 2. The lowest BCUT2D eigenvalue weighted by Gasteiger charge is -2.09. The number of benzene rings is 2. The van der Waals surface area contributed by atoms with E-state index in [4.69, 9.17) is 10.5 Å². The molecule has 2 rings (SSSR count). The van der Waals surface area contributed by atoms with Crippen molar-refractivity contribution in [2.45, 2.75) is 6.92 Å². The minimum atomic E-state index is -0.787. The second-order valence-electron chi connectivity index (χ2n) is 4.82. The Morgan fingerprint density at radius 2 is 2.00 bits per heavy atom. The van der Waals surface area contributed by atoms with Crippen molar-refractivity contribution in [2.75, 3.05) is 17.7 Å². The molecule has 0 aliphatic rings. The van der Waals surface area contributed by atoms with Gasteiger partial charge in [0.2, 0.25) is 0 Å². The normalized spacial score (nSPS) is 10.2. The topological polar surface area (TPSA) is 81.4 Å². The van der Waals surface area contributed by atoms with Gasteiger partial charge in [0.15, 0.2) is 6.61 Å². The number of carbonyl (C=O) groups is 2. The minimum Gasteiger partial charge on any atom is -0.452 e. The van der Waals surface area contributed by atoms with Gasteiger partial charge in [-0.25, -0.2) is 9.18 Å². The largest absolute Gasteiger partial charge is 0.452 e. The van der Waals surface area contributed by atoms with Gasteiger partial charge in [-0.05, 0) is 48.9 Å². The molecule has 23 heavy (non-hydrogen) atoms. The molecule has 3 N–H and O–H groups in total. The fraction of sp³-hybridized carbons (Fsp3) is 0.125. The highest BCUT2D eigenvalue weighted by atomic mass is 79.9. The van der Waals surface area contributed by atoms with Crippen LogP contribution in [0.2, 0.25) is 0 Å². The third kappa shape index (κ3) is 4.53. The molecule has 0 fully saturated rings. The second-order valence-corrected chi connectivity index (χ2v) is 5.67. The van der Waals surface area contributed by atoms with Gasteiger partial charge < -0.3 is 15.8 Å². The fourth-order valence-corrected chi connectivity index (χ4v) is 2.09. The number of nitrogens with one attached hydrogen (secondary N) is 1. The monoisotopic (exact) mass is 380 g/mol. The zero-order chi connectivity index (χ0) is 17.0. The quantitative estimate of drug-likeness (QED) is 0.629. The second kappa shape index (κ2) is 7.23. The predicted octanol–water partition coefficient (Wildman–Crippen LogP) is 3.27. The summed E-state index contributed by atoms with van der Waals surface area (Å²) >= 11 is 3.36. The highest BCUT2D eigenvalue weighted by Gasteiger charge is 2.14. The van der Waals surface area contributed by atoms with Crippen LogP contribution in [-0.4, -0.2) is 18.5 Å². The van der Waals surface area contributed by atoms with E-state index >= 15 is 0 Å². The Bertz CT molecular complexity index is 765. The van der Waals surface area contributed by atoms with E-state index in [2.05, 4.69) is 21.2 Å². The summed E-state index contributed by atoms with van der Waals surface area (Å²) in [6, 6.07) is 8.62. The molecule has 2 aromatic carbocycles. The molecule has 2 aromatic rings. The zero-order valence-corrected chi connectivity index (χ0v) is 13.8. The number of rotatable bonds is 4. The molecule has 120 valence electrons. The minimum absolute atomic E-state index is 0.0127. The maximum atomic E-state index is 12.9. The number of nitrogens with two attached hydrogens (primary N) is 1. The van der Waals surface area contributed by atoms with Crippen molar-refractivity contribution in [2.24, 2.45) is 0 Å². The van der Waals surface area contributed by atoms with Gasteiger partial charge in [-0.15, -0.1) is 0 Å². The molecule has 0 atom stereocenters. The Hall–Kier alpha value is -2.41. The summed E-state index contributed by atoms with van der Waals surface area (Å²) in [6.07, 6.45) is 0. The van der Waals surface area contributed by atoms with Crippen molar-refractivity contribution in [1.82, 2.24) is 0 Å². The van der Waals surface area contributed by atoms with Crippen LogP contribution in [0.25, 0.3) is 0 Å². The maximum Gasteiger partial charge on any atom is 0.340 e. The number of ether oxygens (including phenoxy) is 1. The van der Waals surface area contributed by atoms with Gasteiger partial charge in [-0.2, -0.15) is 0 Å². The van der Waals surface area contributed by atoms with Crippen molar-refractivity contribution >= 4 is 39.2 Å². The van der Waals surface area contributed by atoms with Gasteiger partial charge in [0.25, 0.3) is 5.91 Å². The van der Waals surface area contributed by atoms with Crippen LogP contribution in [0, 0.1) is 12.7 Å². The average Bonchev–Trinajstić information content (AvgIpc) is 2.48. The Balaban J connectivity index is 1.93. The van der Waals surface area contributed by atoms with Crippen LogP contribution >= 0.6 is 15.9 Å². The lowest BCUT2D eigenvalue weighted by Crippen LogP contribution is -2.21. The molecule has 0 heterocycles. The van der Waals surface area contributed by atoms with Gasteiger partial charge in [-0.1, -0.05) is 15.9 Å². The van der Waals surface area contributed by atoms with E-state index in [1.54, 1.807) is 18.2 Å². The first-order chi connectivity index (χ1) is 10.9. The molecule has 0 unspecified atom stereocenters. The zero-order valence-electron chi connectivity index (χ0n) is 12.2. The van der Waals surface area contributed by atoms with Gasteiger partial charge in [0.1, 0.15) is 5.82 Å². The SMILES string of the molecule is Cc1cc(NC(=O)COC(=O)c2ccc(F)cc2N)ccc1Br. The number of esters is 1. The van der Waals surface area contributed by atoms with E-state index in [-0.39, 0.29) is 11.3 Å². The molecule has 7 heteroatoms. The maximum absolute atomic E-state index is 12.9. The summed E-state index contributed by atoms with van der Waals surface area (Å²) in [6.45, 7) is 1.42. The van der Waals surface area contributed by atoms with Crippen LogP contribution in [-0.2, 0) is 9.53 Å². The Morgan fingerprint density at radius 1 is 1.26 bits per heavy atom. The molecule has 0 bridgehead atoms. The Morgan fingerprint density at radius 3 is 2.65 bits per heavy atom. The van der Waals surface area contributed by atoms with Crippen molar-refractivity contribution in [1.29, 1.82) is 0 Å². The first kappa shape index (κ1) is 17.0. The summed E-state index contributed by atoms with van der Waals surface area (Å²) in [5.74, 6) is -1.83. The third-order valence-electron chi connectivity index (χ3n) is 3.01. The van der Waals surface area contributed by atoms with E-state index in [0.29, 0.717) is 5.69 Å². The van der Waals surface area contributed by atoms with Gasteiger partial charge in [0.05, 0.1) is 5.56 Å². The molecule has 5 nitrogen and oxygen atoms in total. The lowest BCUT2D eigenvalue weighted by molar-refractivity contribution is -0.119. The molecule has 0 saturated carbocycles. The van der Waals surface area contributed by atoms with Crippen molar-refractivity contribution in [3.63, 3.8) is 0 Å². The molecule has 0 spiro atoms. The third-order valence-corrected chi connectivity index (χ3v) is 3.90. The standard InChI is InChI=1S/C16H14BrFN2O3/c1-9-6-11(3-5-13(9)17)20-15(21)8-23-16(22)12-4-2-10(18)7-14(12)19/h2-7H,8,19H2,1H3,(H,20,21). The van der Waals surface area contributed by atoms with E-state index in [1.165, 1.54) is 6.07 Å². The van der Waals surface area contributed by atoms with Gasteiger partial charge >= 0.3 is 5.97 Å². The molecule has 1 amide bonds. The van der Waals surface area contributed by atoms with Crippen molar-refractivity contribution in [3.05, 3.63) is 57.8 Å². The van der Waals surface area contributed by atoms with Crippen LogP contribution in [0.4, 0.5) is 15.8 Å². The highest BCUT2D eigenvalue weighted by molar-refractivity contribution is 9.10. The molecule has 0 radical (unpaired) electrons. The summed E-state index contributed by atoms with van der Waals surface area (Å²) in [5.41, 5.74) is 7.06. The first-order valence-corrected chi connectivity index (χ1v) is 7.44. The summed E-state index contributed by atoms with van der Waals surface area (Å²) in [7, 11) is 0. The predicted molar refractivity (Wildman–Crippen MR) is 88.6 cm³/mol. The summed E-state index contributed by atoms with van der Waals surface area (Å²) in [5, 5.41) is 2.61. The number of nitrogen functional groups attached to an aromatic ring is 1. The Labute approximate surface area is 140 Å². The highest BCUT2D eigenvalue weighted by Crippen LogP contribution is 2.20. The lowest BCUT2D eigenvalue weighted by atomic mass is 10.2. The van der Waals surface area contributed by atoms with E-state index in [0.717, 1.165) is 22.2 Å². The van der Waals surface area contributed by atoms with Gasteiger partial charge in [-0.3, -0.25) is 4.79 Å². The van der Waals surface area contributed by atoms with E-state index < -0.39 is 24.3 Å². The molecule has 0 aromatic heterocycles. The molecular weight excluding hydrogens is 367 g/mol. The number of anilines is 2. The number of carbonyl (C=O) groups excluding carboxylic acids is 2. The smallest absolute Gasteiger partial charge is 0.340 e. The van der Waals surface area contributed by atoms with Crippen LogP contribution in [0.15, 0.2) is 40.9 Å². The first-order valence-electron chi connectivity index (χ1n) is 6.65. The Kier molecular flexibility index (Phi) is 5.33. The summed E-state index contributed by atoms with van der Waals surface area (Å²) in [4.78, 5) is 23.6. The average molecular weight is 381 g/mol. The molecular formula is C16H14BrFN2O3. The number of aryl methyl sites for hydroxylation is 1. The molecule has 0 aliphatic heterocycles.